The molecule has 0 aliphatic carbocycles. The highest BCUT2D eigenvalue weighted by molar-refractivity contribution is 6.00. The van der Waals surface area contributed by atoms with Gasteiger partial charge in [-0.05, 0) is 13.0 Å². The molecule has 7 nitrogen and oxygen atoms in total. The number of carbonyl (C=O) groups is 2. The van der Waals surface area contributed by atoms with Crippen molar-refractivity contribution in [1.82, 2.24) is 14.9 Å². The number of furan rings is 1. The minimum atomic E-state index is -0.147. The van der Waals surface area contributed by atoms with Crippen LogP contribution in [0.5, 0.6) is 0 Å². The zero-order chi connectivity index (χ0) is 16.0. The maximum atomic E-state index is 12.6. The largest absolute Gasteiger partial charge is 0.469 e. The highest BCUT2D eigenvalue weighted by Crippen LogP contribution is 2.35. The van der Waals surface area contributed by atoms with Gasteiger partial charge in [0.2, 0.25) is 5.91 Å². The Balaban J connectivity index is 1.50. The van der Waals surface area contributed by atoms with Gasteiger partial charge in [0.05, 0.1) is 35.8 Å². The molecule has 23 heavy (non-hydrogen) atoms. The van der Waals surface area contributed by atoms with Gasteiger partial charge in [-0.1, -0.05) is 0 Å². The van der Waals surface area contributed by atoms with E-state index < -0.39 is 0 Å². The number of carbonyl (C=O) groups excluding carboxylic acids is 2. The summed E-state index contributed by atoms with van der Waals surface area (Å²) in [4.78, 5) is 36.6. The van der Waals surface area contributed by atoms with E-state index in [0.717, 1.165) is 5.69 Å². The second kappa shape index (κ2) is 5.19. The first-order chi connectivity index (χ1) is 11.1. The summed E-state index contributed by atoms with van der Waals surface area (Å²) in [5, 5.41) is 0. The topological polar surface area (TPSA) is 79.5 Å². The van der Waals surface area contributed by atoms with Crippen LogP contribution in [0, 0.1) is 18.8 Å². The van der Waals surface area contributed by atoms with Crippen LogP contribution in [-0.2, 0) is 4.79 Å². The molecule has 2 aliphatic rings. The molecule has 0 aromatic carbocycles. The standard InChI is InChI=1S/C16H16N4O3/c1-10-13(2-3-23-10)15(21)19-6-11-7-20(16(22)14(11)8-19)12-4-17-9-18-5-12/h2-5,9,11,14H,6-8H2,1H3/t11-,14-/m1/s1. The number of rotatable bonds is 2. The molecule has 2 saturated heterocycles. The molecule has 2 aromatic rings. The fourth-order valence-electron chi connectivity index (χ4n) is 3.47. The molecule has 4 rings (SSSR count). The van der Waals surface area contributed by atoms with Gasteiger partial charge in [-0.2, -0.15) is 0 Å². The maximum Gasteiger partial charge on any atom is 0.257 e. The lowest BCUT2D eigenvalue weighted by atomic mass is 10.0. The second-order valence-electron chi connectivity index (χ2n) is 6.01. The molecule has 0 unspecified atom stereocenters. The molecule has 2 amide bonds. The van der Waals surface area contributed by atoms with E-state index in [-0.39, 0.29) is 23.7 Å². The second-order valence-corrected chi connectivity index (χ2v) is 6.01. The lowest BCUT2D eigenvalue weighted by molar-refractivity contribution is -0.120. The Labute approximate surface area is 132 Å². The number of aromatic nitrogens is 2. The molecule has 0 N–H and O–H groups in total. The average molecular weight is 312 g/mol. The van der Waals surface area contributed by atoms with Crippen molar-refractivity contribution in [2.75, 3.05) is 24.5 Å². The van der Waals surface area contributed by atoms with Gasteiger partial charge >= 0.3 is 0 Å². The molecule has 2 aromatic heterocycles. The van der Waals surface area contributed by atoms with E-state index in [2.05, 4.69) is 9.97 Å². The molecule has 2 fully saturated rings. The smallest absolute Gasteiger partial charge is 0.257 e. The minimum absolute atomic E-state index is 0.0454. The zero-order valence-electron chi connectivity index (χ0n) is 12.7. The van der Waals surface area contributed by atoms with Crippen molar-refractivity contribution in [3.63, 3.8) is 0 Å². The molecule has 7 heteroatoms. The summed E-state index contributed by atoms with van der Waals surface area (Å²) in [6.45, 7) is 3.42. The van der Waals surface area contributed by atoms with Gasteiger partial charge in [0, 0.05) is 25.6 Å². The normalized spacial score (nSPS) is 23.4. The molecule has 2 aliphatic heterocycles. The number of fused-ring (bicyclic) bond motifs is 1. The highest BCUT2D eigenvalue weighted by atomic mass is 16.3. The van der Waals surface area contributed by atoms with Crippen molar-refractivity contribution in [3.05, 3.63) is 42.4 Å². The van der Waals surface area contributed by atoms with Crippen LogP contribution in [0.1, 0.15) is 16.1 Å². The molecular weight excluding hydrogens is 296 g/mol. The molecule has 4 heterocycles. The summed E-state index contributed by atoms with van der Waals surface area (Å²) in [5.74, 6) is 0.601. The number of hydrogen-bond acceptors (Lipinski definition) is 5. The molecule has 2 atom stereocenters. The first kappa shape index (κ1) is 13.9. The Morgan fingerprint density at radius 3 is 2.70 bits per heavy atom. The molecule has 0 saturated carbocycles. The van der Waals surface area contributed by atoms with E-state index in [1.54, 1.807) is 35.2 Å². The molecule has 118 valence electrons. The summed E-state index contributed by atoms with van der Waals surface area (Å²) in [6, 6.07) is 1.68. The number of aryl methyl sites for hydroxylation is 1. The van der Waals surface area contributed by atoms with Gasteiger partial charge in [-0.3, -0.25) is 9.59 Å². The number of likely N-dealkylation sites (tertiary alicyclic amines) is 1. The lowest BCUT2D eigenvalue weighted by Crippen LogP contribution is -2.35. The first-order valence-corrected chi connectivity index (χ1v) is 7.55. The van der Waals surface area contributed by atoms with Crippen molar-refractivity contribution in [2.24, 2.45) is 11.8 Å². The van der Waals surface area contributed by atoms with Crippen LogP contribution >= 0.6 is 0 Å². The SMILES string of the molecule is Cc1occc1C(=O)N1C[C@@H]2CN(c3cncnc3)C(=O)[C@@H]2C1. The Morgan fingerprint density at radius 2 is 2.04 bits per heavy atom. The monoisotopic (exact) mass is 312 g/mol. The van der Waals surface area contributed by atoms with Crippen molar-refractivity contribution >= 4 is 17.5 Å². The Bertz CT molecular complexity index is 758. The third kappa shape index (κ3) is 2.19. The summed E-state index contributed by atoms with van der Waals surface area (Å²) >= 11 is 0. The number of amides is 2. The van der Waals surface area contributed by atoms with Gasteiger partial charge in [-0.15, -0.1) is 0 Å². The predicted octanol–water partition coefficient (Wildman–Crippen LogP) is 1.11. The molecule has 0 spiro atoms. The molecule has 0 radical (unpaired) electrons. The van der Waals surface area contributed by atoms with Crippen LogP contribution < -0.4 is 4.90 Å². The zero-order valence-corrected chi connectivity index (χ0v) is 12.7. The van der Waals surface area contributed by atoms with Gasteiger partial charge < -0.3 is 14.2 Å². The van der Waals surface area contributed by atoms with Crippen LogP contribution in [0.15, 0.2) is 35.5 Å². The highest BCUT2D eigenvalue weighted by Gasteiger charge is 2.48. The third-order valence-corrected chi connectivity index (χ3v) is 4.68. The van der Waals surface area contributed by atoms with Gasteiger partial charge in [-0.25, -0.2) is 9.97 Å². The third-order valence-electron chi connectivity index (χ3n) is 4.68. The maximum absolute atomic E-state index is 12.6. The van der Waals surface area contributed by atoms with Crippen LogP contribution in [0.25, 0.3) is 0 Å². The van der Waals surface area contributed by atoms with E-state index in [4.69, 9.17) is 4.42 Å². The summed E-state index contributed by atoms with van der Waals surface area (Å²) in [7, 11) is 0. The van der Waals surface area contributed by atoms with Crippen LogP contribution in [0.4, 0.5) is 5.69 Å². The Hall–Kier alpha value is -2.70. The fourth-order valence-corrected chi connectivity index (χ4v) is 3.47. The van der Waals surface area contributed by atoms with E-state index in [9.17, 15) is 9.59 Å². The number of nitrogens with zero attached hydrogens (tertiary/aromatic N) is 4. The van der Waals surface area contributed by atoms with Crippen LogP contribution in [-0.4, -0.2) is 46.3 Å². The predicted molar refractivity (Wildman–Crippen MR) is 80.7 cm³/mol. The van der Waals surface area contributed by atoms with E-state index in [1.807, 2.05) is 0 Å². The van der Waals surface area contributed by atoms with E-state index in [0.29, 0.717) is 31.0 Å². The minimum Gasteiger partial charge on any atom is -0.469 e. The summed E-state index contributed by atoms with van der Waals surface area (Å²) in [5.41, 5.74) is 1.29. The molecular formula is C16H16N4O3. The Kier molecular flexibility index (Phi) is 3.14. The van der Waals surface area contributed by atoms with Crippen LogP contribution in [0.2, 0.25) is 0 Å². The van der Waals surface area contributed by atoms with Crippen molar-refractivity contribution < 1.29 is 14.0 Å². The van der Waals surface area contributed by atoms with Gasteiger partial charge in [0.25, 0.3) is 5.91 Å². The first-order valence-electron chi connectivity index (χ1n) is 7.55. The molecule has 0 bridgehead atoms. The summed E-state index contributed by atoms with van der Waals surface area (Å²) in [6.07, 6.45) is 6.24. The summed E-state index contributed by atoms with van der Waals surface area (Å²) < 4.78 is 5.20. The van der Waals surface area contributed by atoms with E-state index in [1.165, 1.54) is 12.6 Å². The van der Waals surface area contributed by atoms with E-state index >= 15 is 0 Å². The van der Waals surface area contributed by atoms with Crippen LogP contribution in [0.3, 0.4) is 0 Å². The van der Waals surface area contributed by atoms with Crippen molar-refractivity contribution in [2.45, 2.75) is 6.92 Å². The average Bonchev–Trinajstić information content (AvgIpc) is 3.24. The van der Waals surface area contributed by atoms with Crippen molar-refractivity contribution in [3.8, 4) is 0 Å². The lowest BCUT2D eigenvalue weighted by Gasteiger charge is -2.21. The van der Waals surface area contributed by atoms with Gasteiger partial charge in [0.1, 0.15) is 12.1 Å². The van der Waals surface area contributed by atoms with Gasteiger partial charge in [0.15, 0.2) is 0 Å². The Morgan fingerprint density at radius 1 is 1.26 bits per heavy atom. The quantitative estimate of drug-likeness (QED) is 0.830. The van der Waals surface area contributed by atoms with Crippen molar-refractivity contribution in [1.29, 1.82) is 0 Å². The number of hydrogen-bond donors (Lipinski definition) is 0. The number of anilines is 1. The fraction of sp³-hybridized carbons (Fsp3) is 0.375.